The first kappa shape index (κ1) is 26.2. The minimum Gasteiger partial charge on any atom is -0.376 e. The van der Waals surface area contributed by atoms with Crippen LogP contribution in [0.5, 0.6) is 0 Å². The molecule has 1 unspecified atom stereocenters. The van der Waals surface area contributed by atoms with Gasteiger partial charge in [0.1, 0.15) is 0 Å². The molecule has 0 saturated carbocycles. The highest BCUT2D eigenvalue weighted by molar-refractivity contribution is 14.0. The molecule has 3 rings (SSSR count). The van der Waals surface area contributed by atoms with Crippen LogP contribution in [-0.4, -0.2) is 76.1 Å². The molecular formula is C24H41IN4O2. The van der Waals surface area contributed by atoms with Crippen LogP contribution in [-0.2, 0) is 9.47 Å². The van der Waals surface area contributed by atoms with Crippen molar-refractivity contribution in [2.45, 2.75) is 57.7 Å². The predicted molar refractivity (Wildman–Crippen MR) is 140 cm³/mol. The van der Waals surface area contributed by atoms with Gasteiger partial charge in [0, 0.05) is 52.1 Å². The summed E-state index contributed by atoms with van der Waals surface area (Å²) in [6, 6.07) is 10.5. The summed E-state index contributed by atoms with van der Waals surface area (Å²) in [4.78, 5) is 9.57. The summed E-state index contributed by atoms with van der Waals surface area (Å²) in [5, 5.41) is 3.47. The van der Waals surface area contributed by atoms with Crippen molar-refractivity contribution in [3.63, 3.8) is 0 Å². The average Bonchev–Trinajstić information content (AvgIpc) is 2.81. The van der Waals surface area contributed by atoms with E-state index >= 15 is 0 Å². The van der Waals surface area contributed by atoms with Crippen LogP contribution in [0.15, 0.2) is 35.3 Å². The first-order valence-corrected chi connectivity index (χ1v) is 11.8. The minimum absolute atomic E-state index is 0. The number of aliphatic imine (C=N–C) groups is 1. The van der Waals surface area contributed by atoms with Gasteiger partial charge in [-0.25, -0.2) is 0 Å². The fourth-order valence-corrected chi connectivity index (χ4v) is 4.15. The number of rotatable bonds is 9. The Hall–Kier alpha value is -1.06. The molecule has 2 fully saturated rings. The van der Waals surface area contributed by atoms with E-state index in [-0.39, 0.29) is 24.0 Å². The van der Waals surface area contributed by atoms with Gasteiger partial charge in [-0.1, -0.05) is 18.2 Å². The van der Waals surface area contributed by atoms with Crippen molar-refractivity contribution >= 4 is 35.6 Å². The van der Waals surface area contributed by atoms with E-state index < -0.39 is 0 Å². The second-order valence-electron chi connectivity index (χ2n) is 8.35. The molecule has 0 bridgehead atoms. The number of para-hydroxylation sites is 1. The minimum atomic E-state index is 0. The van der Waals surface area contributed by atoms with Gasteiger partial charge < -0.3 is 24.6 Å². The number of guanidine groups is 1. The molecule has 0 aliphatic carbocycles. The third kappa shape index (κ3) is 9.14. The maximum Gasteiger partial charge on any atom is 0.193 e. The van der Waals surface area contributed by atoms with Gasteiger partial charge in [-0.3, -0.25) is 4.99 Å². The molecule has 1 aromatic carbocycles. The summed E-state index contributed by atoms with van der Waals surface area (Å²) in [5.41, 5.74) is 1.26. The van der Waals surface area contributed by atoms with E-state index in [0.717, 1.165) is 77.6 Å². The average molecular weight is 545 g/mol. The van der Waals surface area contributed by atoms with E-state index in [2.05, 4.69) is 59.4 Å². The van der Waals surface area contributed by atoms with Crippen molar-refractivity contribution in [1.82, 2.24) is 10.2 Å². The number of halogens is 1. The zero-order valence-corrected chi connectivity index (χ0v) is 21.6. The molecule has 31 heavy (non-hydrogen) atoms. The number of likely N-dealkylation sites (tertiary alicyclic amines) is 1. The highest BCUT2D eigenvalue weighted by Gasteiger charge is 2.23. The van der Waals surface area contributed by atoms with Gasteiger partial charge in [-0.2, -0.15) is 0 Å². The Balaban J connectivity index is 0.00000341. The van der Waals surface area contributed by atoms with Gasteiger partial charge in [-0.05, 0) is 57.6 Å². The molecule has 2 saturated heterocycles. The number of benzene rings is 1. The van der Waals surface area contributed by atoms with Gasteiger partial charge in [0.25, 0.3) is 0 Å². The number of anilines is 1. The van der Waals surface area contributed by atoms with Crippen molar-refractivity contribution < 1.29 is 9.47 Å². The number of nitrogens with one attached hydrogen (secondary N) is 1. The molecule has 0 amide bonds. The van der Waals surface area contributed by atoms with Crippen LogP contribution in [0, 0.1) is 0 Å². The lowest BCUT2D eigenvalue weighted by Crippen LogP contribution is -2.47. The molecular weight excluding hydrogens is 503 g/mol. The fourth-order valence-electron chi connectivity index (χ4n) is 4.15. The molecule has 0 radical (unpaired) electrons. The van der Waals surface area contributed by atoms with Crippen molar-refractivity contribution in [3.05, 3.63) is 30.3 Å². The third-order valence-corrected chi connectivity index (χ3v) is 5.98. The first-order valence-electron chi connectivity index (χ1n) is 11.8. The summed E-state index contributed by atoms with van der Waals surface area (Å²) in [6.07, 6.45) is 7.46. The van der Waals surface area contributed by atoms with Crippen LogP contribution in [0.3, 0.4) is 0 Å². The molecule has 176 valence electrons. The quantitative estimate of drug-likeness (QED) is 0.219. The largest absolute Gasteiger partial charge is 0.376 e. The van der Waals surface area contributed by atoms with E-state index in [1.807, 2.05) is 0 Å². The number of piperidine rings is 1. The van der Waals surface area contributed by atoms with Crippen LogP contribution in [0.2, 0.25) is 0 Å². The molecule has 2 aliphatic rings. The summed E-state index contributed by atoms with van der Waals surface area (Å²) in [7, 11) is 2.15. The Morgan fingerprint density at radius 2 is 1.97 bits per heavy atom. The van der Waals surface area contributed by atoms with Gasteiger partial charge in [0.2, 0.25) is 0 Å². The van der Waals surface area contributed by atoms with Gasteiger partial charge in [-0.15, -0.1) is 24.0 Å². The van der Waals surface area contributed by atoms with Crippen LogP contribution >= 0.6 is 24.0 Å². The SMILES string of the molecule is CCNC(=NCCCN(C)c1ccccc1)N1CCC(OCC2CCCCO2)CC1.I. The van der Waals surface area contributed by atoms with Gasteiger partial charge in [0.05, 0.1) is 18.8 Å². The van der Waals surface area contributed by atoms with E-state index in [4.69, 9.17) is 14.5 Å². The topological polar surface area (TPSA) is 49.3 Å². The molecule has 1 N–H and O–H groups in total. The van der Waals surface area contributed by atoms with E-state index in [9.17, 15) is 0 Å². The zero-order valence-electron chi connectivity index (χ0n) is 19.3. The second-order valence-corrected chi connectivity index (χ2v) is 8.35. The van der Waals surface area contributed by atoms with Crippen molar-refractivity contribution in [2.24, 2.45) is 4.99 Å². The van der Waals surface area contributed by atoms with Crippen molar-refractivity contribution in [1.29, 1.82) is 0 Å². The second kappa shape index (κ2) is 14.9. The Morgan fingerprint density at radius 1 is 1.19 bits per heavy atom. The third-order valence-electron chi connectivity index (χ3n) is 5.98. The van der Waals surface area contributed by atoms with Gasteiger partial charge >= 0.3 is 0 Å². The smallest absolute Gasteiger partial charge is 0.193 e. The first-order chi connectivity index (χ1) is 14.8. The monoisotopic (exact) mass is 544 g/mol. The van der Waals surface area contributed by atoms with E-state index in [1.54, 1.807) is 0 Å². The molecule has 0 spiro atoms. The predicted octanol–water partition coefficient (Wildman–Crippen LogP) is 4.15. The molecule has 6 nitrogen and oxygen atoms in total. The highest BCUT2D eigenvalue weighted by Crippen LogP contribution is 2.18. The number of hydrogen-bond donors (Lipinski definition) is 1. The Bertz CT molecular complexity index is 617. The molecule has 0 aromatic heterocycles. The lowest BCUT2D eigenvalue weighted by molar-refractivity contribution is -0.0721. The lowest BCUT2D eigenvalue weighted by Gasteiger charge is -2.35. The standard InChI is InChI=1S/C24H40N4O2.HI/c1-3-25-24(26-15-9-16-27(2)21-10-5-4-6-11-21)28-17-13-22(14-18-28)30-20-23-12-7-8-19-29-23;/h4-6,10-11,22-23H,3,7-9,12-20H2,1-2H3,(H,25,26);1H. The van der Waals surface area contributed by atoms with Crippen LogP contribution in [0.25, 0.3) is 0 Å². The summed E-state index contributed by atoms with van der Waals surface area (Å²) in [5.74, 6) is 1.05. The maximum atomic E-state index is 6.16. The normalized spacial score (nSPS) is 20.3. The number of nitrogens with zero attached hydrogens (tertiary/aromatic N) is 3. The molecule has 2 aliphatic heterocycles. The molecule has 1 aromatic rings. The van der Waals surface area contributed by atoms with Gasteiger partial charge in [0.15, 0.2) is 5.96 Å². The molecule has 1 atom stereocenters. The van der Waals surface area contributed by atoms with Crippen molar-refractivity contribution in [2.75, 3.05) is 57.9 Å². The summed E-state index contributed by atoms with van der Waals surface area (Å²) >= 11 is 0. The fraction of sp³-hybridized carbons (Fsp3) is 0.708. The lowest BCUT2D eigenvalue weighted by atomic mass is 10.1. The summed E-state index contributed by atoms with van der Waals surface area (Å²) < 4.78 is 12.0. The number of hydrogen-bond acceptors (Lipinski definition) is 4. The van der Waals surface area contributed by atoms with E-state index in [0.29, 0.717) is 12.2 Å². The molecule has 7 heteroatoms. The highest BCUT2D eigenvalue weighted by atomic mass is 127. The Kier molecular flexibility index (Phi) is 12.6. The Morgan fingerprint density at radius 3 is 2.65 bits per heavy atom. The Labute approximate surface area is 205 Å². The van der Waals surface area contributed by atoms with Crippen LogP contribution < -0.4 is 10.2 Å². The number of ether oxygens (including phenoxy) is 2. The maximum absolute atomic E-state index is 6.16. The molecule has 2 heterocycles. The zero-order chi connectivity index (χ0) is 21.0. The van der Waals surface area contributed by atoms with Crippen LogP contribution in [0.1, 0.15) is 45.4 Å². The summed E-state index contributed by atoms with van der Waals surface area (Å²) in [6.45, 7) is 8.56. The van der Waals surface area contributed by atoms with E-state index in [1.165, 1.54) is 18.5 Å². The van der Waals surface area contributed by atoms with Crippen LogP contribution in [0.4, 0.5) is 5.69 Å². The van der Waals surface area contributed by atoms with Crippen molar-refractivity contribution in [3.8, 4) is 0 Å².